The Balaban J connectivity index is 2.21. The van der Waals surface area contributed by atoms with Gasteiger partial charge in [-0.25, -0.2) is 0 Å². The Kier molecular flexibility index (Phi) is 4.18. The van der Waals surface area contributed by atoms with E-state index in [1.165, 1.54) is 6.92 Å². The van der Waals surface area contributed by atoms with Crippen molar-refractivity contribution in [2.75, 3.05) is 32.8 Å². The zero-order valence-corrected chi connectivity index (χ0v) is 8.38. The first-order valence-electron chi connectivity index (χ1n) is 4.80. The number of ether oxygens (including phenoxy) is 1. The smallest absolute Gasteiger partial charge is 0.216 e. The van der Waals surface area contributed by atoms with Crippen molar-refractivity contribution >= 4 is 5.91 Å². The van der Waals surface area contributed by atoms with E-state index < -0.39 is 0 Å². The van der Waals surface area contributed by atoms with Crippen LogP contribution in [-0.2, 0) is 9.53 Å². The molecular weight excluding hydrogens is 168 g/mol. The average Bonchev–Trinajstić information content (AvgIpc) is 2.15. The molecule has 0 aromatic heterocycles. The Labute approximate surface area is 79.2 Å². The summed E-state index contributed by atoms with van der Waals surface area (Å²) in [5.41, 5.74) is 0. The molecule has 1 aliphatic heterocycles. The van der Waals surface area contributed by atoms with Crippen molar-refractivity contribution in [3.63, 3.8) is 0 Å². The number of hydrogen-bond acceptors (Lipinski definition) is 3. The molecule has 0 bridgehead atoms. The maximum absolute atomic E-state index is 10.7. The van der Waals surface area contributed by atoms with Crippen LogP contribution >= 0.6 is 0 Å². The van der Waals surface area contributed by atoms with E-state index in [0.717, 1.165) is 26.2 Å². The largest absolute Gasteiger partial charge is 0.374 e. The maximum atomic E-state index is 10.7. The van der Waals surface area contributed by atoms with E-state index in [0.29, 0.717) is 6.54 Å². The summed E-state index contributed by atoms with van der Waals surface area (Å²) in [5.74, 6) is 0.0113. The third kappa shape index (κ3) is 3.74. The van der Waals surface area contributed by atoms with Gasteiger partial charge in [-0.05, 0) is 6.54 Å². The Morgan fingerprint density at radius 2 is 2.46 bits per heavy atom. The summed E-state index contributed by atoms with van der Waals surface area (Å²) in [6.45, 7) is 8.06. The first kappa shape index (κ1) is 10.5. The minimum Gasteiger partial charge on any atom is -0.374 e. The van der Waals surface area contributed by atoms with Crippen molar-refractivity contribution < 1.29 is 9.53 Å². The van der Waals surface area contributed by atoms with Crippen molar-refractivity contribution in [1.82, 2.24) is 10.2 Å². The van der Waals surface area contributed by atoms with Crippen molar-refractivity contribution in [2.24, 2.45) is 0 Å². The van der Waals surface area contributed by atoms with Crippen molar-refractivity contribution in [1.29, 1.82) is 0 Å². The summed E-state index contributed by atoms with van der Waals surface area (Å²) in [7, 11) is 0. The molecule has 13 heavy (non-hydrogen) atoms. The van der Waals surface area contributed by atoms with Gasteiger partial charge in [-0.2, -0.15) is 0 Å². The summed E-state index contributed by atoms with van der Waals surface area (Å²) in [6, 6.07) is 0. The second-order valence-corrected chi connectivity index (χ2v) is 3.32. The number of amides is 1. The van der Waals surface area contributed by atoms with Gasteiger partial charge in [0.05, 0.1) is 12.7 Å². The highest BCUT2D eigenvalue weighted by molar-refractivity contribution is 5.72. The predicted molar refractivity (Wildman–Crippen MR) is 50.5 cm³/mol. The molecule has 1 amide bonds. The van der Waals surface area contributed by atoms with Gasteiger partial charge >= 0.3 is 0 Å². The molecule has 1 atom stereocenters. The van der Waals surface area contributed by atoms with Crippen LogP contribution in [0.5, 0.6) is 0 Å². The Bertz CT molecular complexity index is 173. The summed E-state index contributed by atoms with van der Waals surface area (Å²) < 4.78 is 5.50. The number of likely N-dealkylation sites (N-methyl/N-ethyl adjacent to an activating group) is 1. The van der Waals surface area contributed by atoms with Gasteiger partial charge in [0.15, 0.2) is 0 Å². The molecule has 0 unspecified atom stereocenters. The first-order chi connectivity index (χ1) is 6.22. The van der Waals surface area contributed by atoms with Gasteiger partial charge in [0.25, 0.3) is 0 Å². The van der Waals surface area contributed by atoms with Crippen LogP contribution in [0.3, 0.4) is 0 Å². The molecule has 0 aromatic rings. The minimum absolute atomic E-state index is 0.0113. The number of carbonyl (C=O) groups is 1. The number of nitrogens with one attached hydrogen (secondary N) is 1. The lowest BCUT2D eigenvalue weighted by molar-refractivity contribution is -0.120. The van der Waals surface area contributed by atoms with Crippen LogP contribution in [0.15, 0.2) is 0 Å². The molecular formula is C9H18N2O2. The van der Waals surface area contributed by atoms with Gasteiger partial charge in [-0.1, -0.05) is 6.92 Å². The molecule has 1 fully saturated rings. The number of morpholine rings is 1. The lowest BCUT2D eigenvalue weighted by Crippen LogP contribution is -2.47. The van der Waals surface area contributed by atoms with E-state index in [-0.39, 0.29) is 12.0 Å². The summed E-state index contributed by atoms with van der Waals surface area (Å²) in [4.78, 5) is 13.0. The fourth-order valence-corrected chi connectivity index (χ4v) is 1.45. The van der Waals surface area contributed by atoms with E-state index >= 15 is 0 Å². The number of nitrogens with zero attached hydrogens (tertiary/aromatic N) is 1. The van der Waals surface area contributed by atoms with Crippen LogP contribution in [0.4, 0.5) is 0 Å². The third-order valence-electron chi connectivity index (χ3n) is 2.25. The lowest BCUT2D eigenvalue weighted by atomic mass is 10.2. The fraction of sp³-hybridized carbons (Fsp3) is 0.889. The van der Waals surface area contributed by atoms with Gasteiger partial charge in [-0.3, -0.25) is 9.69 Å². The van der Waals surface area contributed by atoms with E-state index in [9.17, 15) is 4.79 Å². The topological polar surface area (TPSA) is 41.6 Å². The van der Waals surface area contributed by atoms with Crippen LogP contribution in [0, 0.1) is 0 Å². The molecule has 1 rings (SSSR count). The SMILES string of the molecule is CCN1CCO[C@@H](CNC(C)=O)C1. The first-order valence-corrected chi connectivity index (χ1v) is 4.80. The lowest BCUT2D eigenvalue weighted by Gasteiger charge is -2.31. The fourth-order valence-electron chi connectivity index (χ4n) is 1.45. The quantitative estimate of drug-likeness (QED) is 0.666. The Hall–Kier alpha value is -0.610. The molecule has 1 heterocycles. The maximum Gasteiger partial charge on any atom is 0.216 e. The Morgan fingerprint density at radius 1 is 1.69 bits per heavy atom. The molecule has 4 nitrogen and oxygen atoms in total. The minimum atomic E-state index is 0.0113. The van der Waals surface area contributed by atoms with E-state index in [1.54, 1.807) is 0 Å². The van der Waals surface area contributed by atoms with E-state index in [2.05, 4.69) is 17.1 Å². The van der Waals surface area contributed by atoms with Crippen molar-refractivity contribution in [3.05, 3.63) is 0 Å². The summed E-state index contributed by atoms with van der Waals surface area (Å²) >= 11 is 0. The molecule has 0 aromatic carbocycles. The van der Waals surface area contributed by atoms with Gasteiger partial charge in [-0.15, -0.1) is 0 Å². The van der Waals surface area contributed by atoms with Crippen LogP contribution < -0.4 is 5.32 Å². The Morgan fingerprint density at radius 3 is 3.08 bits per heavy atom. The number of carbonyl (C=O) groups excluding carboxylic acids is 1. The molecule has 0 radical (unpaired) electrons. The highest BCUT2D eigenvalue weighted by Gasteiger charge is 2.18. The monoisotopic (exact) mass is 186 g/mol. The van der Waals surface area contributed by atoms with E-state index in [1.807, 2.05) is 0 Å². The molecule has 4 heteroatoms. The average molecular weight is 186 g/mol. The zero-order chi connectivity index (χ0) is 9.68. The van der Waals surface area contributed by atoms with Crippen molar-refractivity contribution in [3.8, 4) is 0 Å². The standard InChI is InChI=1S/C9H18N2O2/c1-3-11-4-5-13-9(7-11)6-10-8(2)12/h9H,3-7H2,1-2H3,(H,10,12)/t9-/m0/s1. The second kappa shape index (κ2) is 5.19. The third-order valence-corrected chi connectivity index (χ3v) is 2.25. The summed E-state index contributed by atoms with van der Waals surface area (Å²) in [5, 5.41) is 2.77. The highest BCUT2D eigenvalue weighted by atomic mass is 16.5. The summed E-state index contributed by atoms with van der Waals surface area (Å²) in [6.07, 6.45) is 0.164. The van der Waals surface area contributed by atoms with Crippen molar-refractivity contribution in [2.45, 2.75) is 20.0 Å². The van der Waals surface area contributed by atoms with Gasteiger partial charge in [0.1, 0.15) is 0 Å². The van der Waals surface area contributed by atoms with Crippen LogP contribution in [0.25, 0.3) is 0 Å². The van der Waals surface area contributed by atoms with Gasteiger partial charge in [0.2, 0.25) is 5.91 Å². The normalized spacial score (nSPS) is 24.3. The van der Waals surface area contributed by atoms with Crippen LogP contribution in [0.2, 0.25) is 0 Å². The predicted octanol–water partition coefficient (Wildman–Crippen LogP) is -0.157. The molecule has 1 aliphatic rings. The van der Waals surface area contributed by atoms with E-state index in [4.69, 9.17) is 4.74 Å². The zero-order valence-electron chi connectivity index (χ0n) is 8.38. The molecule has 0 spiro atoms. The molecule has 0 aliphatic carbocycles. The number of rotatable bonds is 3. The molecule has 0 saturated carbocycles. The van der Waals surface area contributed by atoms with Crippen LogP contribution in [0.1, 0.15) is 13.8 Å². The molecule has 76 valence electrons. The highest BCUT2D eigenvalue weighted by Crippen LogP contribution is 2.03. The second-order valence-electron chi connectivity index (χ2n) is 3.32. The molecule has 1 N–H and O–H groups in total. The number of hydrogen-bond donors (Lipinski definition) is 1. The molecule has 1 saturated heterocycles. The van der Waals surface area contributed by atoms with Crippen LogP contribution in [-0.4, -0.2) is 49.7 Å². The van der Waals surface area contributed by atoms with Gasteiger partial charge in [0, 0.05) is 26.6 Å². The van der Waals surface area contributed by atoms with Gasteiger partial charge < -0.3 is 10.1 Å².